The molecule has 4 heteroatoms. The van der Waals surface area contributed by atoms with Gasteiger partial charge in [-0.15, -0.1) is 0 Å². The van der Waals surface area contributed by atoms with E-state index in [0.29, 0.717) is 5.92 Å². The van der Waals surface area contributed by atoms with Crippen LogP contribution in [-0.2, 0) is 5.41 Å². The summed E-state index contributed by atoms with van der Waals surface area (Å²) in [5.41, 5.74) is 8.17. The van der Waals surface area contributed by atoms with Crippen LogP contribution in [0, 0.1) is 17.2 Å². The molecule has 100 valence electrons. The molecular formula is C16H16N4. The van der Waals surface area contributed by atoms with Gasteiger partial charge in [-0.25, -0.2) is 9.97 Å². The maximum atomic E-state index is 9.48. The molecule has 2 N–H and O–H groups in total. The van der Waals surface area contributed by atoms with E-state index < -0.39 is 0 Å². The monoisotopic (exact) mass is 264 g/mol. The second-order valence-electron chi connectivity index (χ2n) is 5.50. The molecule has 0 bridgehead atoms. The van der Waals surface area contributed by atoms with Gasteiger partial charge in [0.05, 0.1) is 11.5 Å². The first-order valence-corrected chi connectivity index (χ1v) is 6.73. The van der Waals surface area contributed by atoms with Gasteiger partial charge in [-0.1, -0.05) is 24.3 Å². The van der Waals surface area contributed by atoms with Crippen LogP contribution < -0.4 is 5.73 Å². The van der Waals surface area contributed by atoms with Crippen LogP contribution in [0.25, 0.3) is 11.1 Å². The fourth-order valence-electron chi connectivity index (χ4n) is 2.55. The van der Waals surface area contributed by atoms with Crippen molar-refractivity contribution in [3.05, 3.63) is 42.2 Å². The Bertz CT molecular complexity index is 650. The van der Waals surface area contributed by atoms with E-state index >= 15 is 0 Å². The quantitative estimate of drug-likeness (QED) is 0.924. The summed E-state index contributed by atoms with van der Waals surface area (Å²) in [4.78, 5) is 7.99. The van der Waals surface area contributed by atoms with Gasteiger partial charge in [0.1, 0.15) is 0 Å². The van der Waals surface area contributed by atoms with E-state index in [0.717, 1.165) is 29.5 Å². The highest BCUT2D eigenvalue weighted by molar-refractivity contribution is 5.62. The van der Waals surface area contributed by atoms with Gasteiger partial charge in [0, 0.05) is 18.0 Å². The van der Waals surface area contributed by atoms with Crippen molar-refractivity contribution in [2.24, 2.45) is 5.92 Å². The Labute approximate surface area is 118 Å². The molecule has 0 amide bonds. The Hall–Kier alpha value is -2.41. The number of benzene rings is 1. The summed E-state index contributed by atoms with van der Waals surface area (Å²) in [6.45, 7) is 2.03. The molecule has 0 saturated heterocycles. The van der Waals surface area contributed by atoms with E-state index in [1.54, 1.807) is 12.4 Å². The molecule has 1 aromatic carbocycles. The van der Waals surface area contributed by atoms with Gasteiger partial charge >= 0.3 is 0 Å². The van der Waals surface area contributed by atoms with Gasteiger partial charge in [-0.2, -0.15) is 5.26 Å². The zero-order chi connectivity index (χ0) is 14.2. The lowest BCUT2D eigenvalue weighted by Crippen LogP contribution is -2.22. The smallest absolute Gasteiger partial charge is 0.219 e. The highest BCUT2D eigenvalue weighted by Crippen LogP contribution is 2.47. The number of hydrogen-bond donors (Lipinski definition) is 1. The lowest BCUT2D eigenvalue weighted by atomic mass is 9.79. The maximum Gasteiger partial charge on any atom is 0.219 e. The molecule has 1 aliphatic carbocycles. The van der Waals surface area contributed by atoms with Crippen molar-refractivity contribution >= 4 is 5.95 Å². The van der Waals surface area contributed by atoms with Gasteiger partial charge < -0.3 is 5.73 Å². The number of rotatable bonds is 3. The molecule has 1 saturated carbocycles. The predicted molar refractivity (Wildman–Crippen MR) is 77.6 cm³/mol. The molecule has 0 aliphatic heterocycles. The van der Waals surface area contributed by atoms with Gasteiger partial charge in [-0.05, 0) is 36.8 Å². The largest absolute Gasteiger partial charge is 0.368 e. The fraction of sp³-hybridized carbons (Fsp3) is 0.312. The van der Waals surface area contributed by atoms with E-state index in [1.165, 1.54) is 0 Å². The zero-order valence-electron chi connectivity index (χ0n) is 11.4. The SMILES string of the molecule is C[C@](C#N)(c1ccc(-c2cnc(N)nc2)cc1)C1CC1. The lowest BCUT2D eigenvalue weighted by molar-refractivity contribution is 0.529. The van der Waals surface area contributed by atoms with E-state index in [4.69, 9.17) is 5.73 Å². The summed E-state index contributed by atoms with van der Waals surface area (Å²) in [5.74, 6) is 0.773. The predicted octanol–water partition coefficient (Wildman–Crippen LogP) is 2.92. The number of hydrogen-bond acceptors (Lipinski definition) is 4. The standard InChI is InChI=1S/C16H16N4/c1-16(10-17,14-6-7-14)13-4-2-11(3-5-13)12-8-19-15(18)20-9-12/h2-5,8-9,14H,6-7H2,1H3,(H2,18,19,20)/t16-/m0/s1. The van der Waals surface area contributed by atoms with Crippen LogP contribution in [0.3, 0.4) is 0 Å². The summed E-state index contributed by atoms with van der Waals surface area (Å²) in [6.07, 6.45) is 5.72. The molecule has 0 radical (unpaired) electrons. The second-order valence-corrected chi connectivity index (χ2v) is 5.50. The number of nitrogen functional groups attached to an aromatic ring is 1. The number of nitrogens with zero attached hydrogens (tertiary/aromatic N) is 3. The summed E-state index contributed by atoms with van der Waals surface area (Å²) >= 11 is 0. The number of nitrogens with two attached hydrogens (primary N) is 1. The first-order chi connectivity index (χ1) is 9.63. The average molecular weight is 264 g/mol. The number of anilines is 1. The van der Waals surface area contributed by atoms with Crippen molar-refractivity contribution in [1.82, 2.24) is 9.97 Å². The summed E-state index contributed by atoms with van der Waals surface area (Å²) < 4.78 is 0. The molecule has 1 fully saturated rings. The topological polar surface area (TPSA) is 75.6 Å². The van der Waals surface area contributed by atoms with Gasteiger partial charge in [0.15, 0.2) is 0 Å². The van der Waals surface area contributed by atoms with Crippen molar-refractivity contribution in [2.45, 2.75) is 25.2 Å². The van der Waals surface area contributed by atoms with E-state index in [-0.39, 0.29) is 11.4 Å². The van der Waals surface area contributed by atoms with Crippen LogP contribution in [0.2, 0.25) is 0 Å². The number of aromatic nitrogens is 2. The summed E-state index contributed by atoms with van der Waals surface area (Å²) in [5, 5.41) is 9.48. The van der Waals surface area contributed by atoms with Crippen molar-refractivity contribution in [2.75, 3.05) is 5.73 Å². The Kier molecular flexibility index (Phi) is 2.90. The van der Waals surface area contributed by atoms with Crippen LogP contribution >= 0.6 is 0 Å². The minimum atomic E-state index is -0.365. The zero-order valence-corrected chi connectivity index (χ0v) is 11.4. The second kappa shape index (κ2) is 4.61. The van der Waals surface area contributed by atoms with Crippen LogP contribution in [0.4, 0.5) is 5.95 Å². The molecular weight excluding hydrogens is 248 g/mol. The van der Waals surface area contributed by atoms with E-state index in [9.17, 15) is 5.26 Å². The molecule has 3 rings (SSSR count). The third kappa shape index (κ3) is 2.12. The van der Waals surface area contributed by atoms with Crippen LogP contribution in [0.15, 0.2) is 36.7 Å². The molecule has 1 aromatic heterocycles. The van der Waals surface area contributed by atoms with E-state index in [1.807, 2.05) is 31.2 Å². The first kappa shape index (κ1) is 12.6. The van der Waals surface area contributed by atoms with E-state index in [2.05, 4.69) is 16.0 Å². The molecule has 2 aromatic rings. The molecule has 1 heterocycles. The number of nitriles is 1. The van der Waals surface area contributed by atoms with Crippen molar-refractivity contribution in [1.29, 1.82) is 5.26 Å². The Morgan fingerprint density at radius 3 is 2.25 bits per heavy atom. The summed E-state index contributed by atoms with van der Waals surface area (Å²) in [7, 11) is 0. The molecule has 0 spiro atoms. The molecule has 4 nitrogen and oxygen atoms in total. The third-order valence-electron chi connectivity index (χ3n) is 4.12. The average Bonchev–Trinajstić information content (AvgIpc) is 3.32. The highest BCUT2D eigenvalue weighted by atomic mass is 15.0. The van der Waals surface area contributed by atoms with Gasteiger partial charge in [0.2, 0.25) is 5.95 Å². The van der Waals surface area contributed by atoms with Gasteiger partial charge in [-0.3, -0.25) is 0 Å². The Balaban J connectivity index is 1.92. The lowest BCUT2D eigenvalue weighted by Gasteiger charge is -2.21. The Morgan fingerprint density at radius 1 is 1.15 bits per heavy atom. The molecule has 0 unspecified atom stereocenters. The Morgan fingerprint density at radius 2 is 1.75 bits per heavy atom. The van der Waals surface area contributed by atoms with Crippen molar-refractivity contribution in [3.63, 3.8) is 0 Å². The summed E-state index contributed by atoms with van der Waals surface area (Å²) in [6, 6.07) is 10.6. The van der Waals surface area contributed by atoms with Gasteiger partial charge in [0.25, 0.3) is 0 Å². The van der Waals surface area contributed by atoms with Crippen LogP contribution in [-0.4, -0.2) is 9.97 Å². The molecule has 1 atom stereocenters. The third-order valence-corrected chi connectivity index (χ3v) is 4.12. The minimum Gasteiger partial charge on any atom is -0.368 e. The first-order valence-electron chi connectivity index (χ1n) is 6.73. The minimum absolute atomic E-state index is 0.274. The molecule has 20 heavy (non-hydrogen) atoms. The van der Waals surface area contributed by atoms with Crippen molar-refractivity contribution < 1.29 is 0 Å². The highest BCUT2D eigenvalue weighted by Gasteiger charge is 2.43. The van der Waals surface area contributed by atoms with Crippen LogP contribution in [0.5, 0.6) is 0 Å². The normalized spacial score (nSPS) is 17.2. The van der Waals surface area contributed by atoms with Crippen molar-refractivity contribution in [3.8, 4) is 17.2 Å². The molecule has 1 aliphatic rings. The maximum absolute atomic E-state index is 9.48. The fourth-order valence-corrected chi connectivity index (χ4v) is 2.55. The van der Waals surface area contributed by atoms with Crippen LogP contribution in [0.1, 0.15) is 25.3 Å².